The highest BCUT2D eigenvalue weighted by Gasteiger charge is 2.28. The van der Waals surface area contributed by atoms with Crippen molar-refractivity contribution in [2.24, 2.45) is 0 Å². The van der Waals surface area contributed by atoms with E-state index in [1.54, 1.807) is 0 Å². The van der Waals surface area contributed by atoms with Crippen LogP contribution in [0.1, 0.15) is 16.7 Å². The second-order valence-corrected chi connectivity index (χ2v) is 8.02. The molecule has 0 spiro atoms. The Morgan fingerprint density at radius 1 is 0.500 bits per heavy atom. The van der Waals surface area contributed by atoms with E-state index in [1.165, 1.54) is 31.4 Å². The van der Waals surface area contributed by atoms with Gasteiger partial charge < -0.3 is 0 Å². The molecule has 0 amide bonds. The standard InChI is InChI=1S/C21H21S.CHF3/c1-16-4-10-19(11-5-16)22(20-12-6-17(2)7-13-20)21-14-8-18(3)9-15-21;2-1(3)4/h4-15H,1-3H3;1H/q+1;. The summed E-state index contributed by atoms with van der Waals surface area (Å²) in [5, 5.41) is 0. The SMILES string of the molecule is Cc1ccc([S+](c2ccc(C)cc2)c2ccc(C)cc2)cc1.FC(F)F. The van der Waals surface area contributed by atoms with Crippen LogP contribution in [0.15, 0.2) is 87.5 Å². The summed E-state index contributed by atoms with van der Waals surface area (Å²) >= 11 is 0. The minimum atomic E-state index is -3.67. The lowest BCUT2D eigenvalue weighted by Gasteiger charge is -2.09. The average molecular weight is 375 g/mol. The Balaban J connectivity index is 0.000000552. The predicted molar refractivity (Wildman–Crippen MR) is 103 cm³/mol. The van der Waals surface area contributed by atoms with Gasteiger partial charge in [-0.2, -0.15) is 13.2 Å². The molecule has 3 aromatic carbocycles. The van der Waals surface area contributed by atoms with Gasteiger partial charge in [0.2, 0.25) is 0 Å². The van der Waals surface area contributed by atoms with Gasteiger partial charge in [0, 0.05) is 0 Å². The summed E-state index contributed by atoms with van der Waals surface area (Å²) in [5.74, 6) is 0. The molecule has 0 heterocycles. The van der Waals surface area contributed by atoms with Gasteiger partial charge in [0.25, 0.3) is 0 Å². The second kappa shape index (κ2) is 9.48. The van der Waals surface area contributed by atoms with Gasteiger partial charge in [-0.1, -0.05) is 53.1 Å². The Morgan fingerprint density at radius 3 is 0.885 bits per heavy atom. The van der Waals surface area contributed by atoms with Gasteiger partial charge in [-0.3, -0.25) is 0 Å². The normalized spacial score (nSPS) is 10.6. The van der Waals surface area contributed by atoms with Crippen LogP contribution in [0.5, 0.6) is 0 Å². The molecule has 3 aromatic rings. The van der Waals surface area contributed by atoms with Crippen molar-refractivity contribution in [3.05, 3.63) is 89.5 Å². The molecule has 0 N–H and O–H groups in total. The van der Waals surface area contributed by atoms with Crippen molar-refractivity contribution >= 4 is 10.9 Å². The molecule has 0 aliphatic rings. The zero-order valence-electron chi connectivity index (χ0n) is 15.0. The van der Waals surface area contributed by atoms with Crippen LogP contribution in [0.25, 0.3) is 0 Å². The van der Waals surface area contributed by atoms with Gasteiger partial charge >= 0.3 is 6.68 Å². The van der Waals surface area contributed by atoms with Crippen LogP contribution in [0.3, 0.4) is 0 Å². The highest BCUT2D eigenvalue weighted by molar-refractivity contribution is 7.97. The minimum Gasteiger partial charge on any atom is -0.174 e. The highest BCUT2D eigenvalue weighted by Crippen LogP contribution is 2.31. The van der Waals surface area contributed by atoms with E-state index in [0.29, 0.717) is 0 Å². The fraction of sp³-hybridized carbons (Fsp3) is 0.182. The third kappa shape index (κ3) is 5.95. The molecule has 0 fully saturated rings. The third-order valence-corrected chi connectivity index (χ3v) is 6.00. The summed E-state index contributed by atoms with van der Waals surface area (Å²) in [6, 6.07) is 26.8. The molecule has 0 aromatic heterocycles. The van der Waals surface area contributed by atoms with E-state index in [0.717, 1.165) is 0 Å². The second-order valence-electron chi connectivity index (χ2n) is 5.99. The first kappa shape index (κ1) is 20.1. The number of halogens is 3. The van der Waals surface area contributed by atoms with Crippen LogP contribution >= 0.6 is 0 Å². The number of hydrogen-bond donors (Lipinski definition) is 0. The van der Waals surface area contributed by atoms with Crippen molar-refractivity contribution in [2.75, 3.05) is 0 Å². The number of aryl methyl sites for hydroxylation is 3. The van der Waals surface area contributed by atoms with E-state index in [9.17, 15) is 13.2 Å². The molecular weight excluding hydrogens is 353 g/mol. The van der Waals surface area contributed by atoms with Crippen LogP contribution in [-0.4, -0.2) is 6.68 Å². The fourth-order valence-corrected chi connectivity index (χ4v) is 4.47. The van der Waals surface area contributed by atoms with E-state index < -0.39 is 6.68 Å². The van der Waals surface area contributed by atoms with Gasteiger partial charge in [0.1, 0.15) is 0 Å². The Morgan fingerprint density at radius 2 is 0.692 bits per heavy atom. The average Bonchev–Trinajstić information content (AvgIpc) is 2.60. The summed E-state index contributed by atoms with van der Waals surface area (Å²) in [7, 11) is -0.0394. The quantitative estimate of drug-likeness (QED) is 0.437. The van der Waals surface area contributed by atoms with E-state index in [4.69, 9.17) is 0 Å². The smallest absolute Gasteiger partial charge is 0.174 e. The molecule has 0 unspecified atom stereocenters. The van der Waals surface area contributed by atoms with E-state index in [-0.39, 0.29) is 10.9 Å². The summed E-state index contributed by atoms with van der Waals surface area (Å²) in [6.07, 6.45) is 0. The van der Waals surface area contributed by atoms with Crippen molar-refractivity contribution in [1.29, 1.82) is 0 Å². The third-order valence-electron chi connectivity index (χ3n) is 3.77. The zero-order chi connectivity index (χ0) is 19.1. The number of hydrogen-bond acceptors (Lipinski definition) is 0. The summed E-state index contributed by atoms with van der Waals surface area (Å²) < 4.78 is 29.0. The van der Waals surface area contributed by atoms with Crippen LogP contribution in [0, 0.1) is 20.8 Å². The monoisotopic (exact) mass is 375 g/mol. The lowest BCUT2D eigenvalue weighted by atomic mass is 10.2. The fourth-order valence-electron chi connectivity index (χ4n) is 2.43. The van der Waals surface area contributed by atoms with Gasteiger partial charge in [-0.05, 0) is 57.2 Å². The van der Waals surface area contributed by atoms with Crippen molar-refractivity contribution in [1.82, 2.24) is 0 Å². The predicted octanol–water partition coefficient (Wildman–Crippen LogP) is 6.89. The maximum atomic E-state index is 9.67. The molecule has 0 bridgehead atoms. The van der Waals surface area contributed by atoms with Crippen LogP contribution in [0.4, 0.5) is 13.2 Å². The molecule has 0 radical (unpaired) electrons. The zero-order valence-corrected chi connectivity index (χ0v) is 15.9. The summed E-state index contributed by atoms with van der Waals surface area (Å²) in [6.45, 7) is 2.75. The van der Waals surface area contributed by atoms with E-state index in [1.807, 2.05) is 0 Å². The largest absolute Gasteiger partial charge is 0.379 e. The van der Waals surface area contributed by atoms with Crippen molar-refractivity contribution in [3.63, 3.8) is 0 Å². The molecular formula is C22H22F3S+. The summed E-state index contributed by atoms with van der Waals surface area (Å²) in [5.41, 5.74) is 3.92. The summed E-state index contributed by atoms with van der Waals surface area (Å²) in [4.78, 5) is 4.12. The van der Waals surface area contributed by atoms with Crippen LogP contribution < -0.4 is 0 Å². The van der Waals surface area contributed by atoms with Crippen molar-refractivity contribution < 1.29 is 13.2 Å². The van der Waals surface area contributed by atoms with Crippen molar-refractivity contribution in [3.8, 4) is 0 Å². The molecule has 26 heavy (non-hydrogen) atoms. The highest BCUT2D eigenvalue weighted by atomic mass is 32.2. The van der Waals surface area contributed by atoms with Gasteiger partial charge in [-0.25, -0.2) is 0 Å². The topological polar surface area (TPSA) is 0 Å². The molecule has 3 rings (SSSR count). The first-order valence-electron chi connectivity index (χ1n) is 8.23. The first-order chi connectivity index (χ1) is 12.4. The van der Waals surface area contributed by atoms with E-state index in [2.05, 4.69) is 93.6 Å². The van der Waals surface area contributed by atoms with Gasteiger partial charge in [-0.15, -0.1) is 0 Å². The first-order valence-corrected chi connectivity index (χ1v) is 9.46. The molecule has 136 valence electrons. The molecule has 0 saturated carbocycles. The molecule has 0 saturated heterocycles. The molecule has 0 aliphatic carbocycles. The van der Waals surface area contributed by atoms with E-state index >= 15 is 0 Å². The maximum absolute atomic E-state index is 9.67. The maximum Gasteiger partial charge on any atom is 0.379 e. The van der Waals surface area contributed by atoms with Gasteiger partial charge in [0.05, 0.1) is 10.9 Å². The minimum absolute atomic E-state index is 0.0394. The van der Waals surface area contributed by atoms with Crippen LogP contribution in [-0.2, 0) is 10.9 Å². The Bertz CT molecular complexity index is 683. The lowest BCUT2D eigenvalue weighted by molar-refractivity contribution is 0.00819. The Labute approximate surface area is 156 Å². The number of rotatable bonds is 3. The van der Waals surface area contributed by atoms with Crippen LogP contribution in [0.2, 0.25) is 0 Å². The van der Waals surface area contributed by atoms with Gasteiger partial charge in [0.15, 0.2) is 14.7 Å². The molecule has 4 heteroatoms. The van der Waals surface area contributed by atoms with Crippen molar-refractivity contribution in [2.45, 2.75) is 42.1 Å². The molecule has 0 nitrogen and oxygen atoms in total. The lowest BCUT2D eigenvalue weighted by Crippen LogP contribution is -2.04. The number of benzene rings is 3. The number of alkyl halides is 3. The molecule has 0 aliphatic heterocycles. The Hall–Kier alpha value is -2.20. The molecule has 0 atom stereocenters. The Kier molecular flexibility index (Phi) is 7.34.